The molecule has 0 aliphatic heterocycles. The van der Waals surface area contributed by atoms with Crippen LogP contribution in [0.3, 0.4) is 0 Å². The predicted molar refractivity (Wildman–Crippen MR) is 66.2 cm³/mol. The van der Waals surface area contributed by atoms with E-state index >= 15 is 0 Å². The van der Waals surface area contributed by atoms with Crippen molar-refractivity contribution >= 4 is 0 Å². The van der Waals surface area contributed by atoms with Crippen molar-refractivity contribution < 1.29 is 4.42 Å². The molecule has 17 heavy (non-hydrogen) atoms. The summed E-state index contributed by atoms with van der Waals surface area (Å²) in [5.41, 5.74) is 8.08. The van der Waals surface area contributed by atoms with Crippen LogP contribution in [0, 0.1) is 12.8 Å². The Morgan fingerprint density at radius 3 is 2.35 bits per heavy atom. The number of nitrogens with zero attached hydrogens (tertiary/aromatic N) is 2. The Bertz CT molecular complexity index is 488. The maximum atomic E-state index is 5.96. The first-order valence-electron chi connectivity index (χ1n) is 5.74. The first-order valence-corrected chi connectivity index (χ1v) is 5.74. The van der Waals surface area contributed by atoms with Crippen LogP contribution in [0.5, 0.6) is 0 Å². The molecule has 1 atom stereocenters. The van der Waals surface area contributed by atoms with Crippen LogP contribution in [-0.2, 0) is 0 Å². The van der Waals surface area contributed by atoms with Gasteiger partial charge in [0.2, 0.25) is 11.8 Å². The third kappa shape index (κ3) is 2.53. The molecule has 0 aliphatic rings. The summed E-state index contributed by atoms with van der Waals surface area (Å²) in [7, 11) is 0. The van der Waals surface area contributed by atoms with Gasteiger partial charge in [-0.2, -0.15) is 0 Å². The van der Waals surface area contributed by atoms with Gasteiger partial charge in [-0.05, 0) is 25.0 Å². The van der Waals surface area contributed by atoms with E-state index in [9.17, 15) is 0 Å². The molecule has 4 heteroatoms. The molecule has 1 aromatic carbocycles. The molecular weight excluding hydrogens is 214 g/mol. The van der Waals surface area contributed by atoms with Crippen molar-refractivity contribution in [3.63, 3.8) is 0 Å². The van der Waals surface area contributed by atoms with E-state index in [1.807, 2.05) is 45.0 Å². The maximum absolute atomic E-state index is 5.96. The summed E-state index contributed by atoms with van der Waals surface area (Å²) < 4.78 is 5.59. The lowest BCUT2D eigenvalue weighted by molar-refractivity contribution is 0.394. The van der Waals surface area contributed by atoms with Gasteiger partial charge < -0.3 is 10.2 Å². The SMILES string of the molecule is Cc1ccc(-c2nnc(C(N)C(C)C)o2)cc1. The summed E-state index contributed by atoms with van der Waals surface area (Å²) in [4.78, 5) is 0. The Kier molecular flexibility index (Phi) is 3.24. The number of aromatic nitrogens is 2. The zero-order valence-electron chi connectivity index (χ0n) is 10.3. The molecule has 90 valence electrons. The van der Waals surface area contributed by atoms with Gasteiger partial charge in [0.25, 0.3) is 0 Å². The Hall–Kier alpha value is -1.68. The standard InChI is InChI=1S/C13H17N3O/c1-8(2)11(14)13-16-15-12(17-13)10-6-4-9(3)5-7-10/h4-8,11H,14H2,1-3H3. The molecule has 0 saturated carbocycles. The largest absolute Gasteiger partial charge is 0.419 e. The first-order chi connectivity index (χ1) is 8.08. The highest BCUT2D eigenvalue weighted by Crippen LogP contribution is 2.23. The van der Waals surface area contributed by atoms with E-state index in [0.717, 1.165) is 5.56 Å². The normalized spacial score (nSPS) is 13.0. The summed E-state index contributed by atoms with van der Waals surface area (Å²) >= 11 is 0. The Morgan fingerprint density at radius 2 is 1.76 bits per heavy atom. The van der Waals surface area contributed by atoms with Gasteiger partial charge in [0.05, 0.1) is 6.04 Å². The molecule has 0 radical (unpaired) electrons. The molecule has 2 N–H and O–H groups in total. The molecule has 0 aliphatic carbocycles. The van der Waals surface area contributed by atoms with Crippen LogP contribution < -0.4 is 5.73 Å². The van der Waals surface area contributed by atoms with E-state index in [4.69, 9.17) is 10.2 Å². The van der Waals surface area contributed by atoms with Crippen molar-refractivity contribution in [2.75, 3.05) is 0 Å². The lowest BCUT2D eigenvalue weighted by atomic mass is 10.1. The van der Waals surface area contributed by atoms with E-state index in [1.54, 1.807) is 0 Å². The highest BCUT2D eigenvalue weighted by Gasteiger charge is 2.18. The van der Waals surface area contributed by atoms with Gasteiger partial charge in [-0.15, -0.1) is 10.2 Å². The van der Waals surface area contributed by atoms with Crippen molar-refractivity contribution in [2.24, 2.45) is 11.7 Å². The van der Waals surface area contributed by atoms with E-state index in [2.05, 4.69) is 10.2 Å². The van der Waals surface area contributed by atoms with Crippen molar-refractivity contribution in [3.05, 3.63) is 35.7 Å². The van der Waals surface area contributed by atoms with Crippen molar-refractivity contribution in [1.29, 1.82) is 0 Å². The average Bonchev–Trinajstić information content (AvgIpc) is 2.78. The number of hydrogen-bond acceptors (Lipinski definition) is 4. The third-order valence-electron chi connectivity index (χ3n) is 2.74. The van der Waals surface area contributed by atoms with Crippen molar-refractivity contribution in [2.45, 2.75) is 26.8 Å². The van der Waals surface area contributed by atoms with Crippen LogP contribution in [0.2, 0.25) is 0 Å². The second-order valence-corrected chi connectivity index (χ2v) is 4.58. The van der Waals surface area contributed by atoms with Gasteiger partial charge in [0, 0.05) is 5.56 Å². The molecule has 0 fully saturated rings. The zero-order chi connectivity index (χ0) is 12.4. The number of aryl methyl sites for hydroxylation is 1. The van der Waals surface area contributed by atoms with Gasteiger partial charge in [-0.3, -0.25) is 0 Å². The second-order valence-electron chi connectivity index (χ2n) is 4.58. The molecule has 1 unspecified atom stereocenters. The van der Waals surface area contributed by atoms with Crippen LogP contribution in [0.1, 0.15) is 31.3 Å². The Labute approximate surface area is 101 Å². The Morgan fingerprint density at radius 1 is 1.12 bits per heavy atom. The van der Waals surface area contributed by atoms with Gasteiger partial charge in [-0.1, -0.05) is 31.5 Å². The molecule has 1 heterocycles. The van der Waals surface area contributed by atoms with Crippen LogP contribution >= 0.6 is 0 Å². The fourth-order valence-corrected chi connectivity index (χ4v) is 1.47. The highest BCUT2D eigenvalue weighted by molar-refractivity contribution is 5.52. The summed E-state index contributed by atoms with van der Waals surface area (Å²) in [5, 5.41) is 8.02. The summed E-state index contributed by atoms with van der Waals surface area (Å²) in [6, 6.07) is 7.76. The number of benzene rings is 1. The zero-order valence-corrected chi connectivity index (χ0v) is 10.3. The third-order valence-corrected chi connectivity index (χ3v) is 2.74. The van der Waals surface area contributed by atoms with E-state index in [0.29, 0.717) is 11.8 Å². The molecule has 2 rings (SSSR count). The van der Waals surface area contributed by atoms with E-state index in [1.165, 1.54) is 5.56 Å². The molecule has 1 aromatic heterocycles. The minimum absolute atomic E-state index is 0.207. The van der Waals surface area contributed by atoms with Crippen LogP contribution in [-0.4, -0.2) is 10.2 Å². The lowest BCUT2D eigenvalue weighted by Crippen LogP contribution is -2.16. The Balaban J connectivity index is 2.26. The summed E-state index contributed by atoms with van der Waals surface area (Å²) in [6.45, 7) is 6.10. The monoisotopic (exact) mass is 231 g/mol. The van der Waals surface area contributed by atoms with E-state index < -0.39 is 0 Å². The summed E-state index contributed by atoms with van der Waals surface area (Å²) in [6.07, 6.45) is 0. The molecule has 4 nitrogen and oxygen atoms in total. The average molecular weight is 231 g/mol. The predicted octanol–water partition coefficient (Wildman–Crippen LogP) is 2.70. The van der Waals surface area contributed by atoms with Gasteiger partial charge >= 0.3 is 0 Å². The fourth-order valence-electron chi connectivity index (χ4n) is 1.47. The molecule has 0 saturated heterocycles. The number of hydrogen-bond donors (Lipinski definition) is 1. The van der Waals surface area contributed by atoms with Crippen LogP contribution in [0.4, 0.5) is 0 Å². The quantitative estimate of drug-likeness (QED) is 0.882. The minimum Gasteiger partial charge on any atom is -0.419 e. The highest BCUT2D eigenvalue weighted by atomic mass is 16.4. The van der Waals surface area contributed by atoms with Gasteiger partial charge in [0.1, 0.15) is 0 Å². The van der Waals surface area contributed by atoms with Gasteiger partial charge in [-0.25, -0.2) is 0 Å². The van der Waals surface area contributed by atoms with E-state index in [-0.39, 0.29) is 12.0 Å². The van der Waals surface area contributed by atoms with Crippen LogP contribution in [0.25, 0.3) is 11.5 Å². The molecule has 0 bridgehead atoms. The second kappa shape index (κ2) is 4.67. The minimum atomic E-state index is -0.207. The van der Waals surface area contributed by atoms with Crippen molar-refractivity contribution in [1.82, 2.24) is 10.2 Å². The fraction of sp³-hybridized carbons (Fsp3) is 0.385. The molecule has 0 spiro atoms. The lowest BCUT2D eigenvalue weighted by Gasteiger charge is -2.09. The topological polar surface area (TPSA) is 64.9 Å². The molecule has 0 amide bonds. The molecular formula is C13H17N3O. The van der Waals surface area contributed by atoms with Crippen molar-refractivity contribution in [3.8, 4) is 11.5 Å². The van der Waals surface area contributed by atoms with Gasteiger partial charge in [0.15, 0.2) is 0 Å². The number of nitrogens with two attached hydrogens (primary N) is 1. The maximum Gasteiger partial charge on any atom is 0.247 e. The first kappa shape index (κ1) is 11.8. The summed E-state index contributed by atoms with van der Waals surface area (Å²) in [5.74, 6) is 1.30. The van der Waals surface area contributed by atoms with Crippen LogP contribution in [0.15, 0.2) is 28.7 Å². The smallest absolute Gasteiger partial charge is 0.247 e. The molecule has 2 aromatic rings. The number of rotatable bonds is 3.